The number of rotatable bonds is 9. The molecule has 0 radical (unpaired) electrons. The van der Waals surface area contributed by atoms with Gasteiger partial charge in [-0.2, -0.15) is 0 Å². The molecule has 4 rings (SSSR count). The van der Waals surface area contributed by atoms with E-state index < -0.39 is 5.91 Å². The maximum Gasteiger partial charge on any atom is 0.272 e. The summed E-state index contributed by atoms with van der Waals surface area (Å²) >= 11 is 6.27. The summed E-state index contributed by atoms with van der Waals surface area (Å²) in [7, 11) is 0. The number of anilines is 2. The molecule has 0 unspecified atom stereocenters. The molecule has 0 saturated carbocycles. The molecular formula is C28H22BrN3O3S2. The van der Waals surface area contributed by atoms with Crippen molar-refractivity contribution in [3.8, 4) is 0 Å². The summed E-state index contributed by atoms with van der Waals surface area (Å²) in [4.78, 5) is 39.8. The average Bonchev–Trinajstić information content (AvgIpc) is 3.43. The van der Waals surface area contributed by atoms with Gasteiger partial charge in [-0.05, 0) is 82.0 Å². The summed E-state index contributed by atoms with van der Waals surface area (Å²) in [5.74, 6) is -0.685. The average molecular weight is 593 g/mol. The molecule has 0 aliphatic carbocycles. The molecule has 0 saturated heterocycles. The quantitative estimate of drug-likeness (QED) is 0.150. The number of thioether (sulfide) groups is 1. The van der Waals surface area contributed by atoms with Gasteiger partial charge >= 0.3 is 0 Å². The number of carbonyl (C=O) groups excluding carboxylic acids is 3. The molecule has 0 aliphatic heterocycles. The zero-order valence-corrected chi connectivity index (χ0v) is 22.7. The predicted molar refractivity (Wildman–Crippen MR) is 155 cm³/mol. The van der Waals surface area contributed by atoms with Crippen LogP contribution < -0.4 is 16.0 Å². The van der Waals surface area contributed by atoms with Crippen molar-refractivity contribution in [1.82, 2.24) is 5.32 Å². The van der Waals surface area contributed by atoms with Gasteiger partial charge in [-0.15, -0.1) is 23.1 Å². The fourth-order valence-electron chi connectivity index (χ4n) is 3.19. The van der Waals surface area contributed by atoms with Crippen LogP contribution in [0.15, 0.2) is 111 Å². The molecule has 0 atom stereocenters. The van der Waals surface area contributed by atoms with Crippen molar-refractivity contribution < 1.29 is 14.4 Å². The number of amides is 3. The van der Waals surface area contributed by atoms with Crippen molar-refractivity contribution in [1.29, 1.82) is 0 Å². The van der Waals surface area contributed by atoms with Gasteiger partial charge in [-0.1, -0.05) is 36.4 Å². The van der Waals surface area contributed by atoms with Crippen molar-refractivity contribution in [2.75, 3.05) is 16.4 Å². The van der Waals surface area contributed by atoms with E-state index in [9.17, 15) is 14.4 Å². The summed E-state index contributed by atoms with van der Waals surface area (Å²) in [5.41, 5.74) is 1.88. The fraction of sp³-hybridized carbons (Fsp3) is 0.0357. The van der Waals surface area contributed by atoms with Crippen LogP contribution in [0.1, 0.15) is 15.2 Å². The summed E-state index contributed by atoms with van der Waals surface area (Å²) < 4.78 is 0.820. The lowest BCUT2D eigenvalue weighted by atomic mass is 10.2. The van der Waals surface area contributed by atoms with Crippen LogP contribution in [0.3, 0.4) is 0 Å². The highest BCUT2D eigenvalue weighted by atomic mass is 79.9. The Labute approximate surface area is 231 Å². The minimum atomic E-state index is -0.439. The van der Waals surface area contributed by atoms with Crippen LogP contribution in [0.4, 0.5) is 11.4 Å². The Morgan fingerprint density at radius 2 is 1.57 bits per heavy atom. The molecule has 3 amide bonds. The molecule has 0 spiro atoms. The van der Waals surface area contributed by atoms with Gasteiger partial charge in [0.1, 0.15) is 5.70 Å². The van der Waals surface area contributed by atoms with Crippen LogP contribution in [0.2, 0.25) is 0 Å². The third-order valence-corrected chi connectivity index (χ3v) is 7.51. The molecule has 9 heteroatoms. The number of para-hydroxylation sites is 1. The van der Waals surface area contributed by atoms with E-state index in [1.807, 2.05) is 60.0 Å². The van der Waals surface area contributed by atoms with E-state index in [4.69, 9.17) is 0 Å². The maximum absolute atomic E-state index is 13.1. The lowest BCUT2D eigenvalue weighted by Gasteiger charge is -2.11. The molecule has 0 fully saturated rings. The van der Waals surface area contributed by atoms with Crippen molar-refractivity contribution >= 4 is 74.2 Å². The van der Waals surface area contributed by atoms with E-state index in [1.165, 1.54) is 23.1 Å². The van der Waals surface area contributed by atoms with Crippen LogP contribution >= 0.6 is 39.0 Å². The molecule has 6 nitrogen and oxygen atoms in total. The SMILES string of the molecule is O=C(CSc1ccc(NC(=O)/C(=C/c2cccs2)NC(=O)c2ccccc2)cc1)Nc1ccccc1Br. The lowest BCUT2D eigenvalue weighted by molar-refractivity contribution is -0.114. The van der Waals surface area contributed by atoms with Gasteiger partial charge in [0.05, 0.1) is 11.4 Å². The number of benzene rings is 3. The van der Waals surface area contributed by atoms with Crippen LogP contribution in [-0.4, -0.2) is 23.5 Å². The summed E-state index contributed by atoms with van der Waals surface area (Å²) in [5, 5.41) is 10.3. The lowest BCUT2D eigenvalue weighted by Crippen LogP contribution is -2.30. The number of halogens is 1. The van der Waals surface area contributed by atoms with E-state index in [2.05, 4.69) is 31.9 Å². The highest BCUT2D eigenvalue weighted by molar-refractivity contribution is 9.10. The molecule has 37 heavy (non-hydrogen) atoms. The van der Waals surface area contributed by atoms with Gasteiger partial charge in [0.25, 0.3) is 11.8 Å². The number of hydrogen-bond acceptors (Lipinski definition) is 5. The van der Waals surface area contributed by atoms with Gasteiger partial charge in [-0.3, -0.25) is 14.4 Å². The minimum absolute atomic E-state index is 0.119. The van der Waals surface area contributed by atoms with E-state index in [1.54, 1.807) is 42.5 Å². The minimum Gasteiger partial charge on any atom is -0.324 e. The van der Waals surface area contributed by atoms with E-state index in [-0.39, 0.29) is 23.3 Å². The Bertz CT molecular complexity index is 1410. The molecule has 1 heterocycles. The second-order valence-electron chi connectivity index (χ2n) is 7.69. The van der Waals surface area contributed by atoms with Gasteiger partial charge in [0.15, 0.2) is 0 Å². The molecule has 3 N–H and O–H groups in total. The van der Waals surface area contributed by atoms with Crippen molar-refractivity contribution in [3.05, 3.63) is 117 Å². The third-order valence-electron chi connectivity index (χ3n) is 4.99. The van der Waals surface area contributed by atoms with Gasteiger partial charge in [0, 0.05) is 25.5 Å². The van der Waals surface area contributed by atoms with Crippen LogP contribution in [0, 0.1) is 0 Å². The maximum atomic E-state index is 13.1. The van der Waals surface area contributed by atoms with E-state index in [0.717, 1.165) is 19.9 Å². The first-order valence-electron chi connectivity index (χ1n) is 11.2. The normalized spacial score (nSPS) is 11.0. The summed E-state index contributed by atoms with van der Waals surface area (Å²) in [6.07, 6.45) is 1.65. The van der Waals surface area contributed by atoms with Gasteiger partial charge in [0.2, 0.25) is 5.91 Å². The van der Waals surface area contributed by atoms with Crippen LogP contribution in [-0.2, 0) is 9.59 Å². The summed E-state index contributed by atoms with van der Waals surface area (Å²) in [6.45, 7) is 0. The Balaban J connectivity index is 1.37. The molecule has 3 aromatic carbocycles. The van der Waals surface area contributed by atoms with Gasteiger partial charge in [-0.25, -0.2) is 0 Å². The van der Waals surface area contributed by atoms with Gasteiger partial charge < -0.3 is 16.0 Å². The zero-order chi connectivity index (χ0) is 26.0. The highest BCUT2D eigenvalue weighted by Crippen LogP contribution is 2.24. The first kappa shape index (κ1) is 26.4. The highest BCUT2D eigenvalue weighted by Gasteiger charge is 2.15. The van der Waals surface area contributed by atoms with E-state index >= 15 is 0 Å². The number of hydrogen-bond donors (Lipinski definition) is 3. The standard InChI is InChI=1S/C28H22BrN3O3S2/c29-23-10-4-5-11-24(23)31-26(33)18-37-21-14-12-20(13-15-21)30-28(35)25(17-22-9-6-16-36-22)32-27(34)19-7-2-1-3-8-19/h1-17H,18H2,(H,30,35)(H,31,33)(H,32,34)/b25-17-. The number of thiophene rings is 1. The van der Waals surface area contributed by atoms with Crippen molar-refractivity contribution in [2.24, 2.45) is 0 Å². The predicted octanol–water partition coefficient (Wildman–Crippen LogP) is 6.65. The summed E-state index contributed by atoms with van der Waals surface area (Å²) in [6, 6.07) is 27.1. The molecular weight excluding hydrogens is 570 g/mol. The van der Waals surface area contributed by atoms with Crippen molar-refractivity contribution in [3.63, 3.8) is 0 Å². The van der Waals surface area contributed by atoms with Crippen LogP contribution in [0.5, 0.6) is 0 Å². The molecule has 4 aromatic rings. The van der Waals surface area contributed by atoms with Crippen molar-refractivity contribution in [2.45, 2.75) is 4.90 Å². The number of carbonyl (C=O) groups is 3. The molecule has 0 aliphatic rings. The monoisotopic (exact) mass is 591 g/mol. The first-order valence-corrected chi connectivity index (χ1v) is 13.8. The topological polar surface area (TPSA) is 87.3 Å². The molecule has 1 aromatic heterocycles. The van der Waals surface area contributed by atoms with Crippen LogP contribution in [0.25, 0.3) is 6.08 Å². The first-order chi connectivity index (χ1) is 18.0. The van der Waals surface area contributed by atoms with E-state index in [0.29, 0.717) is 11.3 Å². The fourth-order valence-corrected chi connectivity index (χ4v) is 4.93. The Morgan fingerprint density at radius 1 is 0.838 bits per heavy atom. The second kappa shape index (κ2) is 13.0. The Hall–Kier alpha value is -3.66. The molecule has 186 valence electrons. The number of nitrogens with one attached hydrogen (secondary N) is 3. The smallest absolute Gasteiger partial charge is 0.272 e. The Kier molecular flexibility index (Phi) is 9.31. The Morgan fingerprint density at radius 3 is 2.27 bits per heavy atom. The molecule has 0 bridgehead atoms. The third kappa shape index (κ3) is 7.91. The second-order valence-corrected chi connectivity index (χ2v) is 10.6. The largest absolute Gasteiger partial charge is 0.324 e. The zero-order valence-electron chi connectivity index (χ0n) is 19.4.